The summed E-state index contributed by atoms with van der Waals surface area (Å²) in [7, 11) is 0. The average molecular weight is 281 g/mol. The summed E-state index contributed by atoms with van der Waals surface area (Å²) in [4.78, 5) is 25.6. The van der Waals surface area contributed by atoms with Gasteiger partial charge in [-0.15, -0.1) is 0 Å². The number of carbonyl (C=O) groups is 2. The van der Waals surface area contributed by atoms with Crippen LogP contribution < -0.4 is 10.6 Å². The lowest BCUT2D eigenvalue weighted by atomic mass is 10.00. The number of nitrogens with one attached hydrogen (secondary N) is 2. The SMILES string of the molecule is O=C(CN1CCCCCCC1=O)NCC1CCCNC1. The molecule has 0 aromatic heterocycles. The molecular weight excluding hydrogens is 254 g/mol. The summed E-state index contributed by atoms with van der Waals surface area (Å²) in [6, 6.07) is 0. The van der Waals surface area contributed by atoms with Crippen molar-refractivity contribution in [3.05, 3.63) is 0 Å². The maximum absolute atomic E-state index is 12.0. The minimum absolute atomic E-state index is 0.00973. The fourth-order valence-electron chi connectivity index (χ4n) is 2.97. The van der Waals surface area contributed by atoms with Gasteiger partial charge in [-0.1, -0.05) is 12.8 Å². The van der Waals surface area contributed by atoms with E-state index in [0.717, 1.165) is 45.4 Å². The Morgan fingerprint density at radius 1 is 1.25 bits per heavy atom. The summed E-state index contributed by atoms with van der Waals surface area (Å²) in [6.07, 6.45) is 7.25. The van der Waals surface area contributed by atoms with Crippen molar-refractivity contribution in [3.8, 4) is 0 Å². The number of rotatable bonds is 4. The summed E-state index contributed by atoms with van der Waals surface area (Å²) in [5.74, 6) is 0.666. The van der Waals surface area contributed by atoms with Gasteiger partial charge in [0.25, 0.3) is 0 Å². The van der Waals surface area contributed by atoms with Crippen molar-refractivity contribution in [2.45, 2.75) is 44.9 Å². The van der Waals surface area contributed by atoms with Crippen LogP contribution in [0.1, 0.15) is 44.9 Å². The fourth-order valence-corrected chi connectivity index (χ4v) is 2.97. The molecule has 2 heterocycles. The van der Waals surface area contributed by atoms with Crippen molar-refractivity contribution in [2.24, 2.45) is 5.92 Å². The maximum Gasteiger partial charge on any atom is 0.239 e. The summed E-state index contributed by atoms with van der Waals surface area (Å²) >= 11 is 0. The molecule has 0 aromatic rings. The van der Waals surface area contributed by atoms with E-state index in [-0.39, 0.29) is 18.4 Å². The van der Waals surface area contributed by atoms with Gasteiger partial charge < -0.3 is 15.5 Å². The lowest BCUT2D eigenvalue weighted by Crippen LogP contribution is -2.44. The van der Waals surface area contributed by atoms with Crippen LogP contribution in [0.5, 0.6) is 0 Å². The van der Waals surface area contributed by atoms with E-state index >= 15 is 0 Å². The standard InChI is InChI=1S/C15H27N3O2/c19-14(17-11-13-6-5-8-16-10-13)12-18-9-4-2-1-3-7-15(18)20/h13,16H,1-12H2,(H,17,19). The maximum atomic E-state index is 12.0. The van der Waals surface area contributed by atoms with Gasteiger partial charge in [0.15, 0.2) is 0 Å². The van der Waals surface area contributed by atoms with Gasteiger partial charge in [0.2, 0.25) is 11.8 Å². The van der Waals surface area contributed by atoms with E-state index in [1.54, 1.807) is 4.90 Å². The van der Waals surface area contributed by atoms with Crippen LogP contribution in [0.2, 0.25) is 0 Å². The number of amides is 2. The Morgan fingerprint density at radius 2 is 2.10 bits per heavy atom. The highest BCUT2D eigenvalue weighted by atomic mass is 16.2. The molecule has 2 saturated heterocycles. The number of piperidine rings is 1. The molecule has 20 heavy (non-hydrogen) atoms. The van der Waals surface area contributed by atoms with Gasteiger partial charge in [0.1, 0.15) is 0 Å². The summed E-state index contributed by atoms with van der Waals surface area (Å²) in [5, 5.41) is 6.33. The molecule has 114 valence electrons. The number of hydrogen-bond donors (Lipinski definition) is 2. The van der Waals surface area contributed by atoms with Crippen molar-refractivity contribution in [3.63, 3.8) is 0 Å². The van der Waals surface area contributed by atoms with Crippen LogP contribution in [0.25, 0.3) is 0 Å². The summed E-state index contributed by atoms with van der Waals surface area (Å²) in [5.41, 5.74) is 0. The first-order valence-electron chi connectivity index (χ1n) is 8.01. The molecule has 0 spiro atoms. The molecule has 2 rings (SSSR count). The minimum atomic E-state index is -0.00973. The van der Waals surface area contributed by atoms with Gasteiger partial charge in [-0.25, -0.2) is 0 Å². The van der Waals surface area contributed by atoms with E-state index in [1.165, 1.54) is 19.3 Å². The second-order valence-corrected chi connectivity index (χ2v) is 6.00. The molecule has 2 fully saturated rings. The van der Waals surface area contributed by atoms with Crippen LogP contribution in [-0.4, -0.2) is 49.4 Å². The van der Waals surface area contributed by atoms with E-state index in [4.69, 9.17) is 0 Å². The Hall–Kier alpha value is -1.10. The van der Waals surface area contributed by atoms with Crippen LogP contribution in [0.15, 0.2) is 0 Å². The first-order valence-corrected chi connectivity index (χ1v) is 8.01. The molecular formula is C15H27N3O2. The van der Waals surface area contributed by atoms with E-state index < -0.39 is 0 Å². The van der Waals surface area contributed by atoms with E-state index in [1.807, 2.05) is 0 Å². The Kier molecular flexibility index (Phi) is 6.30. The minimum Gasteiger partial charge on any atom is -0.354 e. The van der Waals surface area contributed by atoms with E-state index in [9.17, 15) is 9.59 Å². The van der Waals surface area contributed by atoms with Gasteiger partial charge in [0, 0.05) is 19.5 Å². The van der Waals surface area contributed by atoms with Gasteiger partial charge in [-0.2, -0.15) is 0 Å². The predicted octanol–water partition coefficient (Wildman–Crippen LogP) is 0.895. The van der Waals surface area contributed by atoms with Crippen LogP contribution in [0, 0.1) is 5.92 Å². The second-order valence-electron chi connectivity index (χ2n) is 6.00. The third-order valence-electron chi connectivity index (χ3n) is 4.24. The summed E-state index contributed by atoms with van der Waals surface area (Å²) < 4.78 is 0. The molecule has 0 bridgehead atoms. The van der Waals surface area contributed by atoms with Crippen molar-refractivity contribution in [1.82, 2.24) is 15.5 Å². The second kappa shape index (κ2) is 8.25. The number of carbonyl (C=O) groups excluding carboxylic acids is 2. The lowest BCUT2D eigenvalue weighted by Gasteiger charge is -2.26. The zero-order chi connectivity index (χ0) is 14.2. The quantitative estimate of drug-likeness (QED) is 0.804. The molecule has 1 atom stereocenters. The Labute approximate surface area is 121 Å². The highest BCUT2D eigenvalue weighted by molar-refractivity contribution is 5.84. The highest BCUT2D eigenvalue weighted by Crippen LogP contribution is 2.11. The predicted molar refractivity (Wildman–Crippen MR) is 78.3 cm³/mol. The first-order chi connectivity index (χ1) is 9.75. The van der Waals surface area contributed by atoms with E-state index in [2.05, 4.69) is 10.6 Å². The van der Waals surface area contributed by atoms with Crippen LogP contribution in [0.3, 0.4) is 0 Å². The molecule has 2 N–H and O–H groups in total. The zero-order valence-electron chi connectivity index (χ0n) is 12.3. The molecule has 2 aliphatic heterocycles. The normalized spacial score (nSPS) is 24.9. The van der Waals surface area contributed by atoms with Gasteiger partial charge in [-0.3, -0.25) is 9.59 Å². The molecule has 5 heteroatoms. The number of hydrogen-bond acceptors (Lipinski definition) is 3. The molecule has 0 aliphatic carbocycles. The van der Waals surface area contributed by atoms with Crippen molar-refractivity contribution >= 4 is 11.8 Å². The molecule has 0 radical (unpaired) electrons. The van der Waals surface area contributed by atoms with E-state index in [0.29, 0.717) is 12.3 Å². The fraction of sp³-hybridized carbons (Fsp3) is 0.867. The van der Waals surface area contributed by atoms with Crippen LogP contribution >= 0.6 is 0 Å². The van der Waals surface area contributed by atoms with Gasteiger partial charge >= 0.3 is 0 Å². The Morgan fingerprint density at radius 3 is 2.90 bits per heavy atom. The van der Waals surface area contributed by atoms with Crippen LogP contribution in [-0.2, 0) is 9.59 Å². The van der Waals surface area contributed by atoms with Crippen molar-refractivity contribution in [1.29, 1.82) is 0 Å². The largest absolute Gasteiger partial charge is 0.354 e. The van der Waals surface area contributed by atoms with Gasteiger partial charge in [0.05, 0.1) is 6.54 Å². The third-order valence-corrected chi connectivity index (χ3v) is 4.24. The van der Waals surface area contributed by atoms with Crippen LogP contribution in [0.4, 0.5) is 0 Å². The molecule has 5 nitrogen and oxygen atoms in total. The lowest BCUT2D eigenvalue weighted by molar-refractivity contribution is -0.136. The number of likely N-dealkylation sites (tertiary alicyclic amines) is 1. The Balaban J connectivity index is 1.70. The molecule has 1 unspecified atom stereocenters. The molecule has 2 amide bonds. The first kappa shape index (κ1) is 15.3. The van der Waals surface area contributed by atoms with Crippen molar-refractivity contribution < 1.29 is 9.59 Å². The Bertz CT molecular complexity index is 327. The average Bonchev–Trinajstić information content (AvgIpc) is 2.46. The van der Waals surface area contributed by atoms with Gasteiger partial charge in [-0.05, 0) is 44.7 Å². The topological polar surface area (TPSA) is 61.4 Å². The highest BCUT2D eigenvalue weighted by Gasteiger charge is 2.19. The molecule has 2 aliphatic rings. The third kappa shape index (κ3) is 5.12. The smallest absolute Gasteiger partial charge is 0.239 e. The molecule has 0 aromatic carbocycles. The van der Waals surface area contributed by atoms with Crippen molar-refractivity contribution in [2.75, 3.05) is 32.7 Å². The molecule has 0 saturated carbocycles. The monoisotopic (exact) mass is 281 g/mol. The zero-order valence-corrected chi connectivity index (χ0v) is 12.3. The summed E-state index contributed by atoms with van der Waals surface area (Å²) in [6.45, 7) is 3.78. The number of nitrogens with zero attached hydrogens (tertiary/aromatic N) is 1.